The van der Waals surface area contributed by atoms with Gasteiger partial charge in [0.2, 0.25) is 0 Å². The van der Waals surface area contributed by atoms with Gasteiger partial charge in [-0.15, -0.1) is 0 Å². The van der Waals surface area contributed by atoms with Gasteiger partial charge in [-0.3, -0.25) is 0 Å². The van der Waals surface area contributed by atoms with Crippen LogP contribution in [0.5, 0.6) is 5.75 Å². The zero-order chi connectivity index (χ0) is 26.5. The van der Waals surface area contributed by atoms with Crippen LogP contribution in [0, 0.1) is 0 Å². The molecular weight excluding hydrogens is 492 g/mol. The molecule has 0 aliphatic carbocycles. The minimum atomic E-state index is -0.258. The number of para-hydroxylation sites is 1. The Kier molecular flexibility index (Phi) is 5.20. The van der Waals surface area contributed by atoms with Crippen LogP contribution in [0.3, 0.4) is 0 Å². The third-order valence-corrected chi connectivity index (χ3v) is 7.68. The molecule has 8 rings (SSSR count). The number of aromatic nitrogens is 1. The lowest BCUT2D eigenvalue weighted by Gasteiger charge is -2.25. The number of aliphatic imine (C=N–C) groups is 1. The monoisotopic (exact) mass is 518 g/mol. The normalized spacial score (nSPS) is 17.9. The van der Waals surface area contributed by atoms with E-state index in [9.17, 15) is 0 Å². The fourth-order valence-electron chi connectivity index (χ4n) is 5.83. The van der Waals surface area contributed by atoms with Crippen molar-refractivity contribution in [2.45, 2.75) is 12.4 Å². The second-order valence-electron chi connectivity index (χ2n) is 10.1. The lowest BCUT2D eigenvalue weighted by molar-refractivity contribution is 0.263. The van der Waals surface area contributed by atoms with E-state index in [-0.39, 0.29) is 12.4 Å². The van der Waals surface area contributed by atoms with Crippen LogP contribution < -0.4 is 15.4 Å². The van der Waals surface area contributed by atoms with Gasteiger partial charge in [-0.05, 0) is 29.8 Å². The van der Waals surface area contributed by atoms with Crippen LogP contribution in [-0.4, -0.2) is 10.4 Å². The first-order chi connectivity index (χ1) is 19.8. The molecule has 1 aromatic heterocycles. The maximum atomic E-state index is 6.61. The molecule has 5 heteroatoms. The number of benzene rings is 5. The Balaban J connectivity index is 1.33. The highest BCUT2D eigenvalue weighted by atomic mass is 16.5. The van der Waals surface area contributed by atoms with Crippen LogP contribution >= 0.6 is 0 Å². The molecule has 3 heterocycles. The zero-order valence-corrected chi connectivity index (χ0v) is 21.7. The molecule has 0 spiro atoms. The molecule has 2 aliphatic rings. The summed E-state index contributed by atoms with van der Waals surface area (Å²) >= 11 is 0. The maximum absolute atomic E-state index is 6.61. The number of rotatable bonds is 4. The SMILES string of the molecule is C1=C(c2ccccc2)NC(c2ccccc2)=NC1n1c2ccccc2c2c3c(ccc21)NC(c1ccccc1)O3. The summed E-state index contributed by atoms with van der Waals surface area (Å²) in [5.74, 6) is 1.73. The molecule has 0 saturated carbocycles. The van der Waals surface area contributed by atoms with E-state index in [1.165, 1.54) is 0 Å². The van der Waals surface area contributed by atoms with E-state index >= 15 is 0 Å². The van der Waals surface area contributed by atoms with Gasteiger partial charge in [0.15, 0.2) is 12.0 Å². The summed E-state index contributed by atoms with van der Waals surface area (Å²) < 4.78 is 8.94. The molecule has 0 radical (unpaired) electrons. The van der Waals surface area contributed by atoms with Gasteiger partial charge >= 0.3 is 0 Å². The third-order valence-electron chi connectivity index (χ3n) is 7.68. The van der Waals surface area contributed by atoms with Crippen molar-refractivity contribution in [2.24, 2.45) is 4.99 Å². The number of fused-ring (bicyclic) bond motifs is 5. The second-order valence-corrected chi connectivity index (χ2v) is 10.1. The summed E-state index contributed by atoms with van der Waals surface area (Å²) in [5, 5.41) is 9.42. The summed E-state index contributed by atoms with van der Waals surface area (Å²) in [7, 11) is 0. The molecule has 40 heavy (non-hydrogen) atoms. The first-order valence-electron chi connectivity index (χ1n) is 13.5. The number of ether oxygens (including phenoxy) is 1. The Morgan fingerprint density at radius 2 is 1.32 bits per heavy atom. The van der Waals surface area contributed by atoms with Crippen molar-refractivity contribution in [3.8, 4) is 5.75 Å². The molecule has 5 aromatic carbocycles. The van der Waals surface area contributed by atoms with Crippen LogP contribution in [0.4, 0.5) is 5.69 Å². The van der Waals surface area contributed by atoms with Gasteiger partial charge in [-0.25, -0.2) is 4.99 Å². The Labute approximate surface area is 232 Å². The largest absolute Gasteiger partial charge is 0.464 e. The van der Waals surface area contributed by atoms with Crippen molar-refractivity contribution in [3.05, 3.63) is 150 Å². The summed E-state index contributed by atoms with van der Waals surface area (Å²) in [5.41, 5.74) is 7.51. The number of hydrogen-bond donors (Lipinski definition) is 2. The van der Waals surface area contributed by atoms with Gasteiger partial charge in [0, 0.05) is 22.2 Å². The molecule has 2 aliphatic heterocycles. The molecule has 2 unspecified atom stereocenters. The van der Waals surface area contributed by atoms with Crippen LogP contribution in [0.15, 0.2) is 138 Å². The van der Waals surface area contributed by atoms with Gasteiger partial charge in [0.25, 0.3) is 0 Å². The average molecular weight is 519 g/mol. The molecule has 0 amide bonds. The van der Waals surface area contributed by atoms with Crippen LogP contribution in [0.25, 0.3) is 27.5 Å². The van der Waals surface area contributed by atoms with E-state index in [1.807, 2.05) is 42.5 Å². The molecular formula is C35H26N4O. The second kappa shape index (κ2) is 9.17. The van der Waals surface area contributed by atoms with Gasteiger partial charge in [-0.1, -0.05) is 109 Å². The first kappa shape index (κ1) is 22.7. The maximum Gasteiger partial charge on any atom is 0.196 e. The number of anilines is 1. The smallest absolute Gasteiger partial charge is 0.196 e. The van der Waals surface area contributed by atoms with E-state index in [2.05, 4.69) is 106 Å². The average Bonchev–Trinajstić information content (AvgIpc) is 3.62. The van der Waals surface area contributed by atoms with E-state index in [0.29, 0.717) is 0 Å². The summed E-state index contributed by atoms with van der Waals surface area (Å²) in [4.78, 5) is 5.26. The lowest BCUT2D eigenvalue weighted by atomic mass is 10.1. The van der Waals surface area contributed by atoms with Crippen LogP contribution in [0.2, 0.25) is 0 Å². The van der Waals surface area contributed by atoms with Crippen molar-refractivity contribution in [3.63, 3.8) is 0 Å². The number of nitrogens with zero attached hydrogens (tertiary/aromatic N) is 2. The summed E-state index contributed by atoms with van der Waals surface area (Å²) in [6, 6.07) is 43.9. The van der Waals surface area contributed by atoms with Crippen molar-refractivity contribution in [2.75, 3.05) is 5.32 Å². The zero-order valence-electron chi connectivity index (χ0n) is 21.7. The van der Waals surface area contributed by atoms with E-state index in [0.717, 1.165) is 61.5 Å². The first-order valence-corrected chi connectivity index (χ1v) is 13.5. The quantitative estimate of drug-likeness (QED) is 0.250. The minimum Gasteiger partial charge on any atom is -0.464 e. The highest BCUT2D eigenvalue weighted by Crippen LogP contribution is 2.47. The molecule has 0 saturated heterocycles. The van der Waals surface area contributed by atoms with Crippen LogP contribution in [0.1, 0.15) is 29.1 Å². The predicted octanol–water partition coefficient (Wildman–Crippen LogP) is 7.89. The lowest BCUT2D eigenvalue weighted by Crippen LogP contribution is -2.29. The van der Waals surface area contributed by atoms with E-state index in [1.54, 1.807) is 0 Å². The number of hydrogen-bond acceptors (Lipinski definition) is 4. The molecule has 5 nitrogen and oxygen atoms in total. The highest BCUT2D eigenvalue weighted by Gasteiger charge is 2.29. The van der Waals surface area contributed by atoms with Crippen LogP contribution in [-0.2, 0) is 0 Å². The number of amidine groups is 1. The Morgan fingerprint density at radius 1 is 0.650 bits per heavy atom. The molecule has 2 atom stereocenters. The summed E-state index contributed by atoms with van der Waals surface area (Å²) in [6.45, 7) is 0. The third kappa shape index (κ3) is 3.67. The molecule has 6 aromatic rings. The topological polar surface area (TPSA) is 50.6 Å². The van der Waals surface area contributed by atoms with Gasteiger partial charge in [0.1, 0.15) is 12.0 Å². The predicted molar refractivity (Wildman–Crippen MR) is 162 cm³/mol. The summed E-state index contributed by atoms with van der Waals surface area (Å²) in [6.07, 6.45) is 1.73. The van der Waals surface area contributed by atoms with Crippen molar-refractivity contribution >= 4 is 39.0 Å². The van der Waals surface area contributed by atoms with Gasteiger partial charge in [0.05, 0.1) is 22.1 Å². The number of nitrogens with one attached hydrogen (secondary N) is 2. The highest BCUT2D eigenvalue weighted by molar-refractivity contribution is 6.14. The van der Waals surface area contributed by atoms with Gasteiger partial charge < -0.3 is 19.9 Å². The van der Waals surface area contributed by atoms with Crippen molar-refractivity contribution in [1.82, 2.24) is 9.88 Å². The molecule has 0 bridgehead atoms. The Morgan fingerprint density at radius 3 is 2.10 bits per heavy atom. The molecule has 0 fully saturated rings. The van der Waals surface area contributed by atoms with E-state index < -0.39 is 0 Å². The Hall–Kier alpha value is -5.29. The minimum absolute atomic E-state index is 0.227. The van der Waals surface area contributed by atoms with Crippen molar-refractivity contribution in [1.29, 1.82) is 0 Å². The van der Waals surface area contributed by atoms with Crippen molar-refractivity contribution < 1.29 is 4.74 Å². The fourth-order valence-corrected chi connectivity index (χ4v) is 5.83. The standard InChI is InChI=1S/C35H26N4O/c1-4-12-23(13-5-1)28-22-31(38-34(36-28)24-14-6-2-7-15-24)39-29-19-11-10-18-26(29)32-30(39)21-20-27-33(32)40-35(37-27)25-16-8-3-9-17-25/h1-22,31,35,37H,(H,36,38). The molecule has 2 N–H and O–H groups in total. The van der Waals surface area contributed by atoms with E-state index in [4.69, 9.17) is 9.73 Å². The molecule has 192 valence electrons. The fraction of sp³-hybridized carbons (Fsp3) is 0.0571. The Bertz CT molecular complexity index is 1870. The van der Waals surface area contributed by atoms with Gasteiger partial charge in [-0.2, -0.15) is 0 Å².